The van der Waals surface area contributed by atoms with Crippen molar-refractivity contribution in [2.75, 3.05) is 0 Å². The molecule has 0 aliphatic carbocycles. The summed E-state index contributed by atoms with van der Waals surface area (Å²) in [6.45, 7) is 6.45. The molecule has 0 amide bonds. The summed E-state index contributed by atoms with van der Waals surface area (Å²) < 4.78 is 0. The maximum Gasteiger partial charge on any atom is -0.0218 e. The first-order chi connectivity index (χ1) is 6.22. The van der Waals surface area contributed by atoms with Crippen molar-refractivity contribution in [2.45, 2.75) is 27.2 Å². The van der Waals surface area contributed by atoms with Gasteiger partial charge in [-0.15, -0.1) is 0 Å². The Balaban J connectivity index is 2.59. The standard InChI is InChI=1S/C13H18/c1-4-5-12(3)10-13-8-6-11(2)7-9-13/h4-9,12H,10H2,1-3H3/b5-4+. The van der Waals surface area contributed by atoms with Crippen molar-refractivity contribution in [3.8, 4) is 0 Å². The van der Waals surface area contributed by atoms with Gasteiger partial charge in [0.25, 0.3) is 0 Å². The Morgan fingerprint density at radius 1 is 1.23 bits per heavy atom. The van der Waals surface area contributed by atoms with Crippen LogP contribution in [0.25, 0.3) is 0 Å². The molecule has 0 radical (unpaired) electrons. The molecule has 0 aromatic heterocycles. The number of benzene rings is 1. The smallest absolute Gasteiger partial charge is 0.0218 e. The van der Waals surface area contributed by atoms with E-state index in [-0.39, 0.29) is 0 Å². The van der Waals surface area contributed by atoms with Crippen LogP contribution in [0.1, 0.15) is 25.0 Å². The van der Waals surface area contributed by atoms with Gasteiger partial charge in [0.2, 0.25) is 0 Å². The van der Waals surface area contributed by atoms with E-state index in [0.717, 1.165) is 6.42 Å². The second-order valence-electron chi connectivity index (χ2n) is 3.69. The minimum absolute atomic E-state index is 0.646. The zero-order chi connectivity index (χ0) is 9.68. The maximum atomic E-state index is 2.25. The normalized spacial score (nSPS) is 13.5. The van der Waals surface area contributed by atoms with E-state index in [9.17, 15) is 0 Å². The molecular formula is C13H18. The van der Waals surface area contributed by atoms with Crippen molar-refractivity contribution >= 4 is 0 Å². The number of allylic oxidation sites excluding steroid dienone is 2. The Hall–Kier alpha value is -1.04. The van der Waals surface area contributed by atoms with Crippen molar-refractivity contribution in [3.63, 3.8) is 0 Å². The summed E-state index contributed by atoms with van der Waals surface area (Å²) in [5.74, 6) is 0.646. The van der Waals surface area contributed by atoms with Gasteiger partial charge in [0.1, 0.15) is 0 Å². The third-order valence-corrected chi connectivity index (χ3v) is 2.20. The van der Waals surface area contributed by atoms with Crippen molar-refractivity contribution in [1.29, 1.82) is 0 Å². The zero-order valence-corrected chi connectivity index (χ0v) is 8.75. The first-order valence-electron chi connectivity index (χ1n) is 4.90. The van der Waals surface area contributed by atoms with Gasteiger partial charge >= 0.3 is 0 Å². The molecule has 0 aliphatic rings. The fraction of sp³-hybridized carbons (Fsp3) is 0.385. The molecule has 0 N–H and O–H groups in total. The van der Waals surface area contributed by atoms with Gasteiger partial charge in [-0.1, -0.05) is 48.9 Å². The van der Waals surface area contributed by atoms with Gasteiger partial charge in [0, 0.05) is 0 Å². The Bertz CT molecular complexity index is 267. The lowest BCUT2D eigenvalue weighted by Crippen LogP contribution is -1.95. The highest BCUT2D eigenvalue weighted by Gasteiger charge is 1.98. The van der Waals surface area contributed by atoms with Crippen LogP contribution in [0.15, 0.2) is 36.4 Å². The van der Waals surface area contributed by atoms with E-state index in [1.54, 1.807) is 0 Å². The van der Waals surface area contributed by atoms with Crippen LogP contribution in [0.3, 0.4) is 0 Å². The summed E-state index contributed by atoms with van der Waals surface area (Å²) in [5.41, 5.74) is 2.76. The van der Waals surface area contributed by atoms with Crippen LogP contribution in [0.2, 0.25) is 0 Å². The predicted octanol–water partition coefficient (Wildman–Crippen LogP) is 3.75. The second-order valence-corrected chi connectivity index (χ2v) is 3.69. The third-order valence-electron chi connectivity index (χ3n) is 2.20. The minimum Gasteiger partial charge on any atom is -0.0914 e. The molecule has 0 nitrogen and oxygen atoms in total. The van der Waals surface area contributed by atoms with E-state index < -0.39 is 0 Å². The van der Waals surface area contributed by atoms with Crippen molar-refractivity contribution in [1.82, 2.24) is 0 Å². The number of hydrogen-bond donors (Lipinski definition) is 0. The molecule has 1 aromatic carbocycles. The summed E-state index contributed by atoms with van der Waals surface area (Å²) in [7, 11) is 0. The van der Waals surface area contributed by atoms with Crippen LogP contribution in [-0.2, 0) is 6.42 Å². The molecule has 0 spiro atoms. The number of aryl methyl sites for hydroxylation is 1. The molecule has 1 rings (SSSR count). The molecule has 70 valence electrons. The van der Waals surface area contributed by atoms with Crippen LogP contribution in [-0.4, -0.2) is 0 Å². The Labute approximate surface area is 81.3 Å². The average Bonchev–Trinajstić information content (AvgIpc) is 2.09. The maximum absolute atomic E-state index is 2.25. The fourth-order valence-electron chi connectivity index (χ4n) is 1.49. The van der Waals surface area contributed by atoms with Gasteiger partial charge in [-0.25, -0.2) is 0 Å². The summed E-state index contributed by atoms with van der Waals surface area (Å²) in [5, 5.41) is 0. The van der Waals surface area contributed by atoms with Gasteiger partial charge in [-0.2, -0.15) is 0 Å². The molecule has 13 heavy (non-hydrogen) atoms. The van der Waals surface area contributed by atoms with E-state index >= 15 is 0 Å². The molecule has 1 atom stereocenters. The largest absolute Gasteiger partial charge is 0.0914 e. The van der Waals surface area contributed by atoms with Crippen LogP contribution in [0.5, 0.6) is 0 Å². The minimum atomic E-state index is 0.646. The lowest BCUT2D eigenvalue weighted by Gasteiger charge is -2.06. The number of rotatable bonds is 3. The van der Waals surface area contributed by atoms with E-state index in [1.807, 2.05) is 0 Å². The zero-order valence-electron chi connectivity index (χ0n) is 8.75. The topological polar surface area (TPSA) is 0 Å². The monoisotopic (exact) mass is 174 g/mol. The summed E-state index contributed by atoms with van der Waals surface area (Å²) in [6, 6.07) is 8.79. The van der Waals surface area contributed by atoms with Crippen LogP contribution in [0.4, 0.5) is 0 Å². The highest BCUT2D eigenvalue weighted by atomic mass is 14.0. The molecular weight excluding hydrogens is 156 g/mol. The molecule has 0 saturated carbocycles. The van der Waals surface area contributed by atoms with Crippen LogP contribution < -0.4 is 0 Å². The number of hydrogen-bond acceptors (Lipinski definition) is 0. The molecule has 0 heteroatoms. The molecule has 1 aromatic rings. The van der Waals surface area contributed by atoms with Gasteiger partial charge in [-0.05, 0) is 31.7 Å². The second kappa shape index (κ2) is 4.86. The summed E-state index contributed by atoms with van der Waals surface area (Å²) >= 11 is 0. The lowest BCUT2D eigenvalue weighted by atomic mass is 10.00. The van der Waals surface area contributed by atoms with Crippen molar-refractivity contribution < 1.29 is 0 Å². The van der Waals surface area contributed by atoms with E-state index in [2.05, 4.69) is 57.2 Å². The Morgan fingerprint density at radius 3 is 2.38 bits per heavy atom. The van der Waals surface area contributed by atoms with Gasteiger partial charge in [-0.3, -0.25) is 0 Å². The summed E-state index contributed by atoms with van der Waals surface area (Å²) in [6.07, 6.45) is 5.52. The van der Waals surface area contributed by atoms with Gasteiger partial charge in [0.15, 0.2) is 0 Å². The van der Waals surface area contributed by atoms with E-state index in [1.165, 1.54) is 11.1 Å². The predicted molar refractivity (Wildman–Crippen MR) is 58.9 cm³/mol. The quantitative estimate of drug-likeness (QED) is 0.612. The highest BCUT2D eigenvalue weighted by molar-refractivity contribution is 5.22. The fourth-order valence-corrected chi connectivity index (χ4v) is 1.49. The van der Waals surface area contributed by atoms with Crippen LogP contribution in [0, 0.1) is 12.8 Å². The molecule has 1 unspecified atom stereocenters. The molecule has 0 saturated heterocycles. The Morgan fingerprint density at radius 2 is 1.85 bits per heavy atom. The van der Waals surface area contributed by atoms with Crippen molar-refractivity contribution in [3.05, 3.63) is 47.5 Å². The van der Waals surface area contributed by atoms with Crippen LogP contribution >= 0.6 is 0 Å². The molecule has 0 heterocycles. The average molecular weight is 174 g/mol. The Kier molecular flexibility index (Phi) is 3.75. The summed E-state index contributed by atoms with van der Waals surface area (Å²) in [4.78, 5) is 0. The van der Waals surface area contributed by atoms with Crippen molar-refractivity contribution in [2.24, 2.45) is 5.92 Å². The molecule has 0 aliphatic heterocycles. The SMILES string of the molecule is C/C=C/C(C)Cc1ccc(C)cc1. The lowest BCUT2D eigenvalue weighted by molar-refractivity contribution is 0.722. The molecule has 0 fully saturated rings. The highest BCUT2D eigenvalue weighted by Crippen LogP contribution is 2.10. The van der Waals surface area contributed by atoms with Gasteiger partial charge in [0.05, 0.1) is 0 Å². The van der Waals surface area contributed by atoms with E-state index in [4.69, 9.17) is 0 Å². The molecule has 0 bridgehead atoms. The van der Waals surface area contributed by atoms with Gasteiger partial charge < -0.3 is 0 Å². The third kappa shape index (κ3) is 3.45. The first-order valence-corrected chi connectivity index (χ1v) is 4.90. The van der Waals surface area contributed by atoms with E-state index in [0.29, 0.717) is 5.92 Å². The first kappa shape index (κ1) is 10.0.